The Morgan fingerprint density at radius 1 is 1.17 bits per heavy atom. The SMILES string of the molecule is CCCOc1ccccc1[C@H]1C(C(=O)OC)=C(C)N=c2s/c(=C/c3ccc(-c4cccc([N+](=O)[O-])c4C)o3)c(=O)n21. The summed E-state index contributed by atoms with van der Waals surface area (Å²) in [5.74, 6) is 0.809. The molecule has 0 fully saturated rings. The van der Waals surface area contributed by atoms with Crippen LogP contribution < -0.4 is 19.6 Å². The van der Waals surface area contributed by atoms with Gasteiger partial charge in [-0.15, -0.1) is 0 Å². The summed E-state index contributed by atoms with van der Waals surface area (Å²) in [4.78, 5) is 42.8. The minimum Gasteiger partial charge on any atom is -0.493 e. The van der Waals surface area contributed by atoms with Gasteiger partial charge in [0.25, 0.3) is 11.2 Å². The first-order valence-corrected chi connectivity index (χ1v) is 13.7. The number of hydrogen-bond donors (Lipinski definition) is 0. The molecule has 0 N–H and O–H groups in total. The molecule has 2 aromatic carbocycles. The minimum atomic E-state index is -0.811. The Bertz CT molecular complexity index is 1880. The fourth-order valence-electron chi connectivity index (χ4n) is 4.83. The largest absolute Gasteiger partial charge is 0.493 e. The van der Waals surface area contributed by atoms with Crippen LogP contribution in [-0.4, -0.2) is 29.2 Å². The highest BCUT2D eigenvalue weighted by atomic mass is 32.1. The van der Waals surface area contributed by atoms with Crippen molar-refractivity contribution in [3.05, 3.63) is 113 Å². The Labute approximate surface area is 238 Å². The van der Waals surface area contributed by atoms with Gasteiger partial charge in [0.1, 0.15) is 23.3 Å². The van der Waals surface area contributed by atoms with Gasteiger partial charge >= 0.3 is 5.97 Å². The Balaban J connectivity index is 1.65. The molecule has 0 spiro atoms. The first-order chi connectivity index (χ1) is 19.7. The summed E-state index contributed by atoms with van der Waals surface area (Å²) in [5.41, 5.74) is 2.04. The van der Waals surface area contributed by atoms with Crippen LogP contribution in [0.3, 0.4) is 0 Å². The van der Waals surface area contributed by atoms with Crippen LogP contribution in [0.5, 0.6) is 5.75 Å². The number of para-hydroxylation sites is 1. The number of thiazole rings is 1. The summed E-state index contributed by atoms with van der Waals surface area (Å²) >= 11 is 1.17. The lowest BCUT2D eigenvalue weighted by Crippen LogP contribution is -2.40. The van der Waals surface area contributed by atoms with Crippen molar-refractivity contribution in [2.45, 2.75) is 33.2 Å². The standard InChI is InChI=1S/C30H27N3O7S/c1-5-15-39-23-12-7-6-9-21(23)27-26(29(35)38-4)18(3)31-30-32(27)28(34)25(41-30)16-19-13-14-24(40-19)20-10-8-11-22(17(20)2)33(36)37/h6-14,16,27H,5,15H2,1-4H3/b25-16+/t27-/m0/s1. The van der Waals surface area contributed by atoms with Gasteiger partial charge in [-0.3, -0.25) is 19.5 Å². The molecular weight excluding hydrogens is 546 g/mol. The molecule has 1 aliphatic heterocycles. The predicted octanol–water partition coefficient (Wildman–Crippen LogP) is 4.67. The van der Waals surface area contributed by atoms with Gasteiger partial charge in [0.15, 0.2) is 4.80 Å². The van der Waals surface area contributed by atoms with Crippen molar-refractivity contribution in [3.8, 4) is 17.1 Å². The van der Waals surface area contributed by atoms with E-state index in [0.717, 1.165) is 6.42 Å². The van der Waals surface area contributed by atoms with Crippen molar-refractivity contribution in [2.75, 3.05) is 13.7 Å². The number of nitro benzene ring substituents is 1. The van der Waals surface area contributed by atoms with Crippen LogP contribution in [0.4, 0.5) is 5.69 Å². The van der Waals surface area contributed by atoms with Crippen molar-refractivity contribution in [1.82, 2.24) is 4.57 Å². The Kier molecular flexibility index (Phi) is 7.71. The Morgan fingerprint density at radius 2 is 1.95 bits per heavy atom. The van der Waals surface area contributed by atoms with Crippen molar-refractivity contribution in [3.63, 3.8) is 0 Å². The molecule has 10 nitrogen and oxygen atoms in total. The molecule has 1 aliphatic rings. The van der Waals surface area contributed by atoms with E-state index in [-0.39, 0.29) is 16.8 Å². The van der Waals surface area contributed by atoms with Gasteiger partial charge in [-0.05, 0) is 38.5 Å². The molecule has 1 atom stereocenters. The second kappa shape index (κ2) is 11.4. The fourth-order valence-corrected chi connectivity index (χ4v) is 5.86. The third-order valence-corrected chi connectivity index (χ3v) is 7.75. The van der Waals surface area contributed by atoms with E-state index in [9.17, 15) is 19.7 Å². The topological polar surface area (TPSA) is 126 Å². The molecule has 210 valence electrons. The molecular formula is C30H27N3O7S. The van der Waals surface area contributed by atoms with Crippen molar-refractivity contribution >= 4 is 29.1 Å². The van der Waals surface area contributed by atoms with Gasteiger partial charge < -0.3 is 13.9 Å². The maximum absolute atomic E-state index is 13.9. The van der Waals surface area contributed by atoms with E-state index in [1.807, 2.05) is 31.2 Å². The first-order valence-electron chi connectivity index (χ1n) is 12.9. The number of rotatable bonds is 8. The van der Waals surface area contributed by atoms with Gasteiger partial charge in [0.2, 0.25) is 0 Å². The maximum Gasteiger partial charge on any atom is 0.338 e. The number of nitrogens with zero attached hydrogens (tertiary/aromatic N) is 3. The lowest BCUT2D eigenvalue weighted by atomic mass is 9.95. The van der Waals surface area contributed by atoms with E-state index in [1.54, 1.807) is 44.2 Å². The molecule has 11 heteroatoms. The summed E-state index contributed by atoms with van der Waals surface area (Å²) in [5, 5.41) is 11.4. The average molecular weight is 574 g/mol. The number of esters is 1. The molecule has 0 unspecified atom stereocenters. The van der Waals surface area contributed by atoms with Crippen LogP contribution in [0.15, 0.2) is 80.1 Å². The highest BCUT2D eigenvalue weighted by Gasteiger charge is 2.34. The molecule has 0 saturated heterocycles. The van der Waals surface area contributed by atoms with Crippen molar-refractivity contribution in [2.24, 2.45) is 4.99 Å². The third-order valence-electron chi connectivity index (χ3n) is 6.77. The van der Waals surface area contributed by atoms with E-state index < -0.39 is 16.9 Å². The summed E-state index contributed by atoms with van der Waals surface area (Å²) in [6, 6.07) is 14.7. The molecule has 3 heterocycles. The maximum atomic E-state index is 13.9. The van der Waals surface area contributed by atoms with Crippen molar-refractivity contribution in [1.29, 1.82) is 0 Å². The minimum absolute atomic E-state index is 0.00580. The van der Waals surface area contributed by atoms with Gasteiger partial charge in [0, 0.05) is 28.8 Å². The third kappa shape index (κ3) is 5.11. The van der Waals surface area contributed by atoms with Crippen LogP contribution in [0.1, 0.15) is 43.2 Å². The number of carbonyl (C=O) groups is 1. The summed E-state index contributed by atoms with van der Waals surface area (Å²) in [7, 11) is 1.29. The number of fused-ring (bicyclic) bond motifs is 1. The molecule has 2 aromatic heterocycles. The highest BCUT2D eigenvalue weighted by Crippen LogP contribution is 2.36. The van der Waals surface area contributed by atoms with Crippen molar-refractivity contribution < 1.29 is 23.6 Å². The quantitative estimate of drug-likeness (QED) is 0.170. The summed E-state index contributed by atoms with van der Waals surface area (Å²) in [6.07, 6.45) is 2.39. The van der Waals surface area contributed by atoms with E-state index >= 15 is 0 Å². The monoisotopic (exact) mass is 573 g/mol. The van der Waals surface area contributed by atoms with E-state index in [0.29, 0.717) is 55.6 Å². The molecule has 41 heavy (non-hydrogen) atoms. The number of carbonyl (C=O) groups excluding carboxylic acids is 1. The predicted molar refractivity (Wildman–Crippen MR) is 154 cm³/mol. The van der Waals surface area contributed by atoms with Gasteiger partial charge in [-0.25, -0.2) is 9.79 Å². The van der Waals surface area contributed by atoms with Gasteiger partial charge in [0.05, 0.1) is 34.4 Å². The van der Waals surface area contributed by atoms with Gasteiger partial charge in [-0.1, -0.05) is 48.6 Å². The number of hydrogen-bond acceptors (Lipinski definition) is 9. The fraction of sp³-hybridized carbons (Fsp3) is 0.233. The van der Waals surface area contributed by atoms with E-state index in [4.69, 9.17) is 13.9 Å². The van der Waals surface area contributed by atoms with Crippen LogP contribution in [-0.2, 0) is 9.53 Å². The first kappa shape index (κ1) is 27.8. The normalized spacial score (nSPS) is 14.9. The van der Waals surface area contributed by atoms with Crippen LogP contribution in [0, 0.1) is 17.0 Å². The second-order valence-electron chi connectivity index (χ2n) is 9.37. The van der Waals surface area contributed by atoms with E-state index in [1.165, 1.54) is 29.1 Å². The molecule has 5 rings (SSSR count). The molecule has 0 amide bonds. The number of aromatic nitrogens is 1. The number of ether oxygens (including phenoxy) is 2. The Hall–Kier alpha value is -4.77. The number of benzene rings is 2. The zero-order chi connectivity index (χ0) is 29.3. The second-order valence-corrected chi connectivity index (χ2v) is 10.4. The lowest BCUT2D eigenvalue weighted by Gasteiger charge is -2.26. The van der Waals surface area contributed by atoms with E-state index in [2.05, 4.69) is 4.99 Å². The van der Waals surface area contributed by atoms with Crippen LogP contribution in [0.2, 0.25) is 0 Å². The lowest BCUT2D eigenvalue weighted by molar-refractivity contribution is -0.385. The highest BCUT2D eigenvalue weighted by molar-refractivity contribution is 7.07. The molecule has 0 aliphatic carbocycles. The van der Waals surface area contributed by atoms with Crippen LogP contribution >= 0.6 is 11.3 Å². The molecule has 0 bridgehead atoms. The number of furan rings is 1. The average Bonchev–Trinajstić information content (AvgIpc) is 3.54. The summed E-state index contributed by atoms with van der Waals surface area (Å²) in [6.45, 7) is 5.85. The molecule has 4 aromatic rings. The number of allylic oxidation sites excluding steroid dienone is 1. The van der Waals surface area contributed by atoms with Crippen LogP contribution in [0.25, 0.3) is 17.4 Å². The van der Waals surface area contributed by atoms with Gasteiger partial charge in [-0.2, -0.15) is 0 Å². The number of methoxy groups -OCH3 is 1. The molecule has 0 radical (unpaired) electrons. The zero-order valence-corrected chi connectivity index (χ0v) is 23.7. The summed E-state index contributed by atoms with van der Waals surface area (Å²) < 4.78 is 18.9. The number of nitro groups is 1. The Morgan fingerprint density at radius 3 is 2.68 bits per heavy atom. The molecule has 0 saturated carbocycles. The smallest absolute Gasteiger partial charge is 0.338 e. The zero-order valence-electron chi connectivity index (χ0n) is 22.9.